The second-order valence-electron chi connectivity index (χ2n) is 9.89. The average molecular weight is 553 g/mol. The highest BCUT2D eigenvalue weighted by Gasteiger charge is 2.30. The van der Waals surface area contributed by atoms with Gasteiger partial charge >= 0.3 is 11.9 Å². The highest BCUT2D eigenvalue weighted by molar-refractivity contribution is 5.99. The summed E-state index contributed by atoms with van der Waals surface area (Å²) in [5.41, 5.74) is 0.351. The van der Waals surface area contributed by atoms with Crippen LogP contribution in [0.1, 0.15) is 56.2 Å². The molecular weight excluding hydrogens is 522 g/mol. The first kappa shape index (κ1) is 29.9. The van der Waals surface area contributed by atoms with Gasteiger partial charge in [0.1, 0.15) is 23.4 Å². The van der Waals surface area contributed by atoms with Crippen molar-refractivity contribution in [3.63, 3.8) is 0 Å². The maximum Gasteiger partial charge on any atom is 0.333 e. The van der Waals surface area contributed by atoms with Crippen molar-refractivity contribution in [2.45, 2.75) is 40.7 Å². The van der Waals surface area contributed by atoms with Gasteiger partial charge in [-0.25, -0.2) is 18.6 Å². The Labute approximate surface area is 231 Å². The fourth-order valence-corrected chi connectivity index (χ4v) is 3.52. The number of esters is 2. The van der Waals surface area contributed by atoms with Crippen LogP contribution in [-0.4, -0.2) is 36.0 Å². The van der Waals surface area contributed by atoms with Crippen LogP contribution in [0.3, 0.4) is 0 Å². The van der Waals surface area contributed by atoms with Crippen LogP contribution < -0.4 is 14.8 Å². The lowest BCUT2D eigenvalue weighted by Crippen LogP contribution is -2.40. The minimum absolute atomic E-state index is 0.106. The maximum atomic E-state index is 13.6. The van der Waals surface area contributed by atoms with Crippen LogP contribution in [0.5, 0.6) is 11.5 Å². The van der Waals surface area contributed by atoms with E-state index in [1.807, 2.05) is 0 Å². The van der Waals surface area contributed by atoms with Crippen molar-refractivity contribution < 1.29 is 37.4 Å². The summed E-state index contributed by atoms with van der Waals surface area (Å²) in [6.07, 6.45) is 1.30. The molecule has 0 bridgehead atoms. The molecule has 3 aromatic rings. The number of ether oxygens (including phenoxy) is 3. The van der Waals surface area contributed by atoms with E-state index in [1.54, 1.807) is 20.8 Å². The third kappa shape index (κ3) is 7.28. The molecular formula is C30H30F2N2O6. The number of carbonyl (C=O) groups is 3. The van der Waals surface area contributed by atoms with Crippen molar-refractivity contribution in [1.29, 1.82) is 0 Å². The summed E-state index contributed by atoms with van der Waals surface area (Å²) in [5.74, 6) is -3.08. The number of hydrogen-bond acceptors (Lipinski definition) is 7. The van der Waals surface area contributed by atoms with Gasteiger partial charge in [-0.2, -0.15) is 0 Å². The molecule has 0 fully saturated rings. The van der Waals surface area contributed by atoms with Crippen molar-refractivity contribution in [3.8, 4) is 11.5 Å². The van der Waals surface area contributed by atoms with Crippen LogP contribution in [0.2, 0.25) is 0 Å². The quantitative estimate of drug-likeness (QED) is 0.292. The Kier molecular flexibility index (Phi) is 9.36. The smallest absolute Gasteiger partial charge is 0.333 e. The fourth-order valence-electron chi connectivity index (χ4n) is 3.52. The standard InChI is InChI=1S/C30H30F2N2O6/c1-17(34-27(35)25-26(23(38-6)15-16-33-25)40-29(37)30(3,4)5)28(36)39-18(2)24(19-7-11-21(31)12-8-19)20-9-13-22(32)14-10-20/h7-17H,1-6H3,(H,34,35)/t17-/m0/s1. The van der Waals surface area contributed by atoms with Crippen molar-refractivity contribution in [1.82, 2.24) is 10.3 Å². The second kappa shape index (κ2) is 12.5. The van der Waals surface area contributed by atoms with Gasteiger partial charge in [0.05, 0.1) is 12.5 Å². The minimum atomic E-state index is -1.16. The molecule has 1 amide bonds. The highest BCUT2D eigenvalue weighted by Crippen LogP contribution is 2.32. The number of pyridine rings is 1. The molecule has 1 atom stereocenters. The number of nitrogens with one attached hydrogen (secondary N) is 1. The largest absolute Gasteiger partial charge is 0.493 e. The number of benzene rings is 2. The molecule has 0 aliphatic carbocycles. The van der Waals surface area contributed by atoms with E-state index in [0.29, 0.717) is 16.7 Å². The number of halogens is 2. The number of nitrogens with zero attached hydrogens (tertiary/aromatic N) is 1. The van der Waals surface area contributed by atoms with Gasteiger partial charge < -0.3 is 19.5 Å². The van der Waals surface area contributed by atoms with Gasteiger partial charge in [-0.05, 0) is 70.0 Å². The van der Waals surface area contributed by atoms with E-state index >= 15 is 0 Å². The number of aromatic nitrogens is 1. The van der Waals surface area contributed by atoms with E-state index in [2.05, 4.69) is 10.3 Å². The molecule has 210 valence electrons. The number of amides is 1. The van der Waals surface area contributed by atoms with Crippen LogP contribution in [0, 0.1) is 17.0 Å². The van der Waals surface area contributed by atoms with Gasteiger partial charge in [-0.15, -0.1) is 0 Å². The van der Waals surface area contributed by atoms with Crippen molar-refractivity contribution in [3.05, 3.63) is 95.0 Å². The molecule has 0 spiro atoms. The van der Waals surface area contributed by atoms with E-state index in [-0.39, 0.29) is 23.0 Å². The third-order valence-corrected chi connectivity index (χ3v) is 5.68. The number of methoxy groups -OCH3 is 1. The monoisotopic (exact) mass is 552 g/mol. The van der Waals surface area contributed by atoms with Gasteiger partial charge in [0.2, 0.25) is 5.75 Å². The Bertz CT molecular complexity index is 1380. The summed E-state index contributed by atoms with van der Waals surface area (Å²) >= 11 is 0. The third-order valence-electron chi connectivity index (χ3n) is 5.68. The molecule has 0 saturated carbocycles. The number of rotatable bonds is 8. The summed E-state index contributed by atoms with van der Waals surface area (Å²) < 4.78 is 43.4. The number of allylic oxidation sites excluding steroid dienone is 1. The summed E-state index contributed by atoms with van der Waals surface area (Å²) in [5, 5.41) is 2.49. The van der Waals surface area contributed by atoms with E-state index in [4.69, 9.17) is 14.2 Å². The molecule has 0 aliphatic rings. The summed E-state index contributed by atoms with van der Waals surface area (Å²) in [6, 6.07) is 11.3. The molecule has 2 aromatic carbocycles. The zero-order chi connectivity index (χ0) is 29.6. The summed E-state index contributed by atoms with van der Waals surface area (Å²) in [6.45, 7) is 7.89. The molecule has 1 N–H and O–H groups in total. The molecule has 40 heavy (non-hydrogen) atoms. The SMILES string of the molecule is COc1ccnc(C(=O)N[C@@H](C)C(=O)OC(C)=C(c2ccc(F)cc2)c2ccc(F)cc2)c1OC(=O)C(C)(C)C. The Morgan fingerprint density at radius 1 is 0.900 bits per heavy atom. The number of carbonyl (C=O) groups excluding carboxylic acids is 3. The first-order valence-electron chi connectivity index (χ1n) is 12.3. The predicted octanol–water partition coefficient (Wildman–Crippen LogP) is 5.46. The average Bonchev–Trinajstić information content (AvgIpc) is 2.90. The highest BCUT2D eigenvalue weighted by atomic mass is 19.1. The van der Waals surface area contributed by atoms with Gasteiger partial charge in [0, 0.05) is 17.8 Å². The topological polar surface area (TPSA) is 104 Å². The van der Waals surface area contributed by atoms with Crippen molar-refractivity contribution >= 4 is 23.4 Å². The normalized spacial score (nSPS) is 11.7. The molecule has 0 unspecified atom stereocenters. The zero-order valence-electron chi connectivity index (χ0n) is 23.0. The molecule has 3 rings (SSSR count). The lowest BCUT2D eigenvalue weighted by atomic mass is 9.97. The molecule has 8 nitrogen and oxygen atoms in total. The van der Waals surface area contributed by atoms with Crippen LogP contribution in [0.4, 0.5) is 8.78 Å². The van der Waals surface area contributed by atoms with Crippen LogP contribution in [0.15, 0.2) is 66.6 Å². The molecule has 0 saturated heterocycles. The first-order valence-corrected chi connectivity index (χ1v) is 12.3. The molecule has 1 heterocycles. The van der Waals surface area contributed by atoms with E-state index < -0.39 is 40.9 Å². The van der Waals surface area contributed by atoms with Gasteiger partial charge in [0.25, 0.3) is 5.91 Å². The Morgan fingerprint density at radius 3 is 1.90 bits per heavy atom. The first-order chi connectivity index (χ1) is 18.8. The van der Waals surface area contributed by atoms with E-state index in [1.165, 1.54) is 81.8 Å². The van der Waals surface area contributed by atoms with Crippen LogP contribution >= 0.6 is 0 Å². The lowest BCUT2D eigenvalue weighted by Gasteiger charge is -2.20. The summed E-state index contributed by atoms with van der Waals surface area (Å²) in [4.78, 5) is 42.6. The Morgan fingerprint density at radius 2 is 1.43 bits per heavy atom. The number of hydrogen-bond donors (Lipinski definition) is 1. The summed E-state index contributed by atoms with van der Waals surface area (Å²) in [7, 11) is 1.35. The molecule has 0 radical (unpaired) electrons. The zero-order valence-corrected chi connectivity index (χ0v) is 23.0. The Hall–Kier alpha value is -4.60. The predicted molar refractivity (Wildman–Crippen MR) is 143 cm³/mol. The van der Waals surface area contributed by atoms with Gasteiger partial charge in [-0.1, -0.05) is 24.3 Å². The maximum absolute atomic E-state index is 13.6. The van der Waals surface area contributed by atoms with E-state index in [0.717, 1.165) is 0 Å². The second-order valence-corrected chi connectivity index (χ2v) is 9.89. The molecule has 10 heteroatoms. The van der Waals surface area contributed by atoms with E-state index in [9.17, 15) is 23.2 Å². The van der Waals surface area contributed by atoms with Crippen LogP contribution in [-0.2, 0) is 14.3 Å². The van der Waals surface area contributed by atoms with Crippen molar-refractivity contribution in [2.75, 3.05) is 7.11 Å². The molecule has 1 aromatic heterocycles. The Balaban J connectivity index is 1.86. The van der Waals surface area contributed by atoms with Crippen molar-refractivity contribution in [2.24, 2.45) is 5.41 Å². The minimum Gasteiger partial charge on any atom is -0.493 e. The van der Waals surface area contributed by atoms with Crippen LogP contribution in [0.25, 0.3) is 5.57 Å². The fraction of sp³-hybridized carbons (Fsp3) is 0.267. The lowest BCUT2D eigenvalue weighted by molar-refractivity contribution is -0.143. The van der Waals surface area contributed by atoms with Gasteiger partial charge in [0.15, 0.2) is 11.4 Å². The van der Waals surface area contributed by atoms with Gasteiger partial charge in [-0.3, -0.25) is 9.59 Å². The molecule has 0 aliphatic heterocycles.